The van der Waals surface area contributed by atoms with Crippen LogP contribution in [-0.2, 0) is 9.59 Å². The zero-order valence-corrected chi connectivity index (χ0v) is 16.2. The van der Waals surface area contributed by atoms with Crippen molar-refractivity contribution in [1.29, 1.82) is 0 Å². The predicted molar refractivity (Wildman–Crippen MR) is 102 cm³/mol. The summed E-state index contributed by atoms with van der Waals surface area (Å²) in [7, 11) is 0. The van der Waals surface area contributed by atoms with Crippen molar-refractivity contribution in [1.82, 2.24) is 4.90 Å². The van der Waals surface area contributed by atoms with E-state index >= 15 is 0 Å². The molecule has 0 aliphatic carbocycles. The van der Waals surface area contributed by atoms with Crippen LogP contribution in [0.15, 0.2) is 46.9 Å². The van der Waals surface area contributed by atoms with Crippen molar-refractivity contribution < 1.29 is 14.0 Å². The van der Waals surface area contributed by atoms with E-state index in [9.17, 15) is 14.0 Å². The number of amides is 2. The highest BCUT2D eigenvalue weighted by molar-refractivity contribution is 9.10. The summed E-state index contributed by atoms with van der Waals surface area (Å²) < 4.78 is 14.3. The molecule has 2 amide bonds. The van der Waals surface area contributed by atoms with Crippen LogP contribution in [-0.4, -0.2) is 23.3 Å². The van der Waals surface area contributed by atoms with Crippen LogP contribution in [0.2, 0.25) is 0 Å². The number of fused-ring (bicyclic) bond motifs is 1. The van der Waals surface area contributed by atoms with Crippen molar-refractivity contribution in [2.75, 3.05) is 11.9 Å². The normalized spacial score (nSPS) is 16.9. The molecular formula is C20H20BrFN2O2. The Morgan fingerprint density at radius 1 is 1.27 bits per heavy atom. The van der Waals surface area contributed by atoms with E-state index < -0.39 is 6.04 Å². The summed E-state index contributed by atoms with van der Waals surface area (Å²) in [5.41, 5.74) is 2.22. The van der Waals surface area contributed by atoms with E-state index in [4.69, 9.17) is 0 Å². The van der Waals surface area contributed by atoms with Crippen molar-refractivity contribution in [3.63, 3.8) is 0 Å². The molecule has 0 fully saturated rings. The monoisotopic (exact) mass is 418 g/mol. The van der Waals surface area contributed by atoms with E-state index in [0.29, 0.717) is 12.1 Å². The van der Waals surface area contributed by atoms with Crippen LogP contribution < -0.4 is 5.32 Å². The van der Waals surface area contributed by atoms with E-state index in [1.165, 1.54) is 12.1 Å². The minimum Gasteiger partial charge on any atom is -0.324 e. The van der Waals surface area contributed by atoms with Gasteiger partial charge in [0.1, 0.15) is 12.4 Å². The average Bonchev–Trinajstić information content (AvgIpc) is 2.71. The summed E-state index contributed by atoms with van der Waals surface area (Å²) >= 11 is 3.46. The van der Waals surface area contributed by atoms with E-state index in [0.717, 1.165) is 15.6 Å². The number of nitrogens with zero attached hydrogens (tertiary/aromatic N) is 1. The van der Waals surface area contributed by atoms with Gasteiger partial charge in [-0.2, -0.15) is 0 Å². The van der Waals surface area contributed by atoms with Crippen LogP contribution in [0.4, 0.5) is 10.1 Å². The fourth-order valence-corrected chi connectivity index (χ4v) is 3.56. The van der Waals surface area contributed by atoms with Crippen LogP contribution >= 0.6 is 15.9 Å². The Hall–Kier alpha value is -2.21. The van der Waals surface area contributed by atoms with Gasteiger partial charge in [0.25, 0.3) is 0 Å². The number of carbonyl (C=O) groups is 2. The van der Waals surface area contributed by atoms with Gasteiger partial charge in [-0.1, -0.05) is 41.9 Å². The number of carbonyl (C=O) groups excluding carboxylic acids is 2. The van der Waals surface area contributed by atoms with Crippen LogP contribution in [0.1, 0.15) is 37.4 Å². The molecule has 0 bridgehead atoms. The second-order valence-electron chi connectivity index (χ2n) is 6.85. The van der Waals surface area contributed by atoms with Gasteiger partial charge in [0.2, 0.25) is 11.8 Å². The van der Waals surface area contributed by atoms with Gasteiger partial charge in [0.15, 0.2) is 0 Å². The largest absolute Gasteiger partial charge is 0.324 e. The first-order valence-electron chi connectivity index (χ1n) is 8.49. The molecule has 1 atom stereocenters. The lowest BCUT2D eigenvalue weighted by atomic mass is 9.95. The third-order valence-corrected chi connectivity index (χ3v) is 4.79. The highest BCUT2D eigenvalue weighted by Crippen LogP contribution is 2.37. The summed E-state index contributed by atoms with van der Waals surface area (Å²) in [5, 5.41) is 2.87. The van der Waals surface area contributed by atoms with Crippen molar-refractivity contribution in [2.24, 2.45) is 5.92 Å². The molecule has 1 unspecified atom stereocenters. The van der Waals surface area contributed by atoms with Gasteiger partial charge in [0, 0.05) is 22.1 Å². The first-order valence-corrected chi connectivity index (χ1v) is 9.28. The summed E-state index contributed by atoms with van der Waals surface area (Å²) in [5.74, 6) is -0.511. The number of hydrogen-bond acceptors (Lipinski definition) is 2. The number of hydrogen-bond donors (Lipinski definition) is 1. The van der Waals surface area contributed by atoms with Gasteiger partial charge < -0.3 is 10.2 Å². The summed E-state index contributed by atoms with van der Waals surface area (Å²) in [6, 6.07) is 11.2. The molecule has 1 N–H and O–H groups in total. The quantitative estimate of drug-likeness (QED) is 0.797. The highest BCUT2D eigenvalue weighted by Gasteiger charge is 2.33. The van der Waals surface area contributed by atoms with E-state index in [-0.39, 0.29) is 30.1 Å². The number of nitrogens with one attached hydrogen (secondary N) is 1. The van der Waals surface area contributed by atoms with Gasteiger partial charge >= 0.3 is 0 Å². The lowest BCUT2D eigenvalue weighted by molar-refractivity contribution is -0.136. The zero-order valence-electron chi connectivity index (χ0n) is 14.6. The number of anilines is 1. The maximum atomic E-state index is 13.4. The van der Waals surface area contributed by atoms with Crippen molar-refractivity contribution >= 4 is 33.4 Å². The van der Waals surface area contributed by atoms with E-state index in [2.05, 4.69) is 21.2 Å². The van der Waals surface area contributed by atoms with Gasteiger partial charge in [-0.05, 0) is 41.8 Å². The Morgan fingerprint density at radius 2 is 1.96 bits per heavy atom. The first-order chi connectivity index (χ1) is 12.3. The van der Waals surface area contributed by atoms with E-state index in [1.807, 2.05) is 32.0 Å². The topological polar surface area (TPSA) is 49.4 Å². The maximum absolute atomic E-state index is 13.4. The third kappa shape index (κ3) is 3.96. The van der Waals surface area contributed by atoms with Crippen molar-refractivity contribution in [3.8, 4) is 0 Å². The van der Waals surface area contributed by atoms with Crippen molar-refractivity contribution in [3.05, 3.63) is 63.9 Å². The molecule has 0 saturated heterocycles. The Bertz CT molecular complexity index is 836. The summed E-state index contributed by atoms with van der Waals surface area (Å²) in [6.45, 7) is 3.89. The fourth-order valence-electron chi connectivity index (χ4n) is 3.18. The Labute approximate surface area is 160 Å². The van der Waals surface area contributed by atoms with Crippen molar-refractivity contribution in [2.45, 2.75) is 26.3 Å². The fraction of sp³-hybridized carbons (Fsp3) is 0.300. The molecule has 1 heterocycles. The number of rotatable bonds is 3. The average molecular weight is 419 g/mol. The minimum atomic E-state index is -0.465. The molecule has 26 heavy (non-hydrogen) atoms. The molecule has 2 aromatic carbocycles. The van der Waals surface area contributed by atoms with Crippen LogP contribution in [0.25, 0.3) is 0 Å². The predicted octanol–water partition coefficient (Wildman–Crippen LogP) is 4.50. The minimum absolute atomic E-state index is 0.0418. The second-order valence-corrected chi connectivity index (χ2v) is 7.77. The molecular weight excluding hydrogens is 399 g/mol. The molecule has 1 aliphatic rings. The SMILES string of the molecule is CC(C)CC(=O)N1CC(=O)Nc2ccc(Br)cc2C1c1ccc(F)cc1. The molecule has 2 aromatic rings. The lowest BCUT2D eigenvalue weighted by Crippen LogP contribution is -2.39. The summed E-state index contributed by atoms with van der Waals surface area (Å²) in [4.78, 5) is 26.9. The van der Waals surface area contributed by atoms with Crippen LogP contribution in [0.5, 0.6) is 0 Å². The molecule has 6 heteroatoms. The van der Waals surface area contributed by atoms with Gasteiger partial charge in [-0.3, -0.25) is 9.59 Å². The highest BCUT2D eigenvalue weighted by atomic mass is 79.9. The van der Waals surface area contributed by atoms with Gasteiger partial charge in [0.05, 0.1) is 6.04 Å². The molecule has 136 valence electrons. The molecule has 0 spiro atoms. The molecule has 0 radical (unpaired) electrons. The Balaban J connectivity index is 2.16. The zero-order chi connectivity index (χ0) is 18.8. The molecule has 1 aliphatic heterocycles. The number of benzene rings is 2. The maximum Gasteiger partial charge on any atom is 0.244 e. The van der Waals surface area contributed by atoms with Gasteiger partial charge in [-0.25, -0.2) is 4.39 Å². The van der Waals surface area contributed by atoms with E-state index in [1.54, 1.807) is 17.0 Å². The molecule has 0 aromatic heterocycles. The standard InChI is InChI=1S/C20H20BrFN2O2/c1-12(2)9-19(26)24-11-18(25)23-17-8-5-14(21)10-16(17)20(24)13-3-6-15(22)7-4-13/h3-8,10,12,20H,9,11H2,1-2H3,(H,23,25). The number of halogens is 2. The van der Waals surface area contributed by atoms with Crippen LogP contribution in [0.3, 0.4) is 0 Å². The Kier molecular flexibility index (Phi) is 5.41. The molecule has 4 nitrogen and oxygen atoms in total. The van der Waals surface area contributed by atoms with Crippen LogP contribution in [0, 0.1) is 11.7 Å². The lowest BCUT2D eigenvalue weighted by Gasteiger charge is -2.31. The Morgan fingerprint density at radius 3 is 2.62 bits per heavy atom. The smallest absolute Gasteiger partial charge is 0.244 e. The molecule has 3 rings (SSSR count). The third-order valence-electron chi connectivity index (χ3n) is 4.30. The molecule has 0 saturated carbocycles. The summed E-state index contributed by atoms with van der Waals surface area (Å²) in [6.07, 6.45) is 0.342. The second kappa shape index (κ2) is 7.58. The van der Waals surface area contributed by atoms with Gasteiger partial charge in [-0.15, -0.1) is 0 Å². The first kappa shape index (κ1) is 18.6.